The maximum absolute atomic E-state index is 11.4. The van der Waals surface area contributed by atoms with Crippen molar-refractivity contribution in [2.45, 2.75) is 32.6 Å². The highest BCUT2D eigenvalue weighted by Crippen LogP contribution is 2.43. The molecule has 1 aliphatic carbocycles. The van der Waals surface area contributed by atoms with Crippen molar-refractivity contribution in [3.8, 4) is 0 Å². The number of rotatable bonds is 7. The molecule has 0 aromatic carbocycles. The number of carboxylic acid groups (broad SMARTS) is 1. The van der Waals surface area contributed by atoms with Crippen molar-refractivity contribution in [3.63, 3.8) is 0 Å². The maximum Gasteiger partial charge on any atom is 0.303 e. The number of nitrogens with one attached hydrogen (secondary N) is 2. The number of carbonyl (C=O) groups excluding carboxylic acids is 1. The van der Waals surface area contributed by atoms with Crippen molar-refractivity contribution in [2.75, 3.05) is 19.6 Å². The van der Waals surface area contributed by atoms with Crippen LogP contribution < -0.4 is 10.6 Å². The van der Waals surface area contributed by atoms with Crippen molar-refractivity contribution in [3.05, 3.63) is 0 Å². The van der Waals surface area contributed by atoms with Gasteiger partial charge in [-0.3, -0.25) is 9.59 Å². The van der Waals surface area contributed by atoms with Crippen LogP contribution in [0.2, 0.25) is 0 Å². The smallest absolute Gasteiger partial charge is 0.303 e. The highest BCUT2D eigenvalue weighted by atomic mass is 16.4. The Morgan fingerprint density at radius 2 is 2.06 bits per heavy atom. The SMILES string of the molecule is CCNCC(=O)NCC1(CC(=O)O)CCC1. The Kier molecular flexibility index (Phi) is 4.73. The van der Waals surface area contributed by atoms with Gasteiger partial charge in [-0.25, -0.2) is 0 Å². The molecule has 16 heavy (non-hydrogen) atoms. The summed E-state index contributed by atoms with van der Waals surface area (Å²) in [6, 6.07) is 0. The van der Waals surface area contributed by atoms with E-state index in [2.05, 4.69) is 10.6 Å². The molecule has 0 aliphatic heterocycles. The molecule has 1 fully saturated rings. The summed E-state index contributed by atoms with van der Waals surface area (Å²) < 4.78 is 0. The summed E-state index contributed by atoms with van der Waals surface area (Å²) >= 11 is 0. The molecule has 0 atom stereocenters. The summed E-state index contributed by atoms with van der Waals surface area (Å²) in [4.78, 5) is 22.1. The fraction of sp³-hybridized carbons (Fsp3) is 0.818. The molecule has 0 saturated heterocycles. The minimum absolute atomic E-state index is 0.0569. The molecule has 5 nitrogen and oxygen atoms in total. The molecular formula is C11H20N2O3. The first-order valence-corrected chi connectivity index (χ1v) is 5.77. The predicted molar refractivity (Wildman–Crippen MR) is 60.1 cm³/mol. The van der Waals surface area contributed by atoms with Gasteiger partial charge < -0.3 is 15.7 Å². The zero-order valence-electron chi connectivity index (χ0n) is 9.71. The molecule has 0 spiro atoms. The third-order valence-corrected chi connectivity index (χ3v) is 3.14. The summed E-state index contributed by atoms with van der Waals surface area (Å²) in [5.74, 6) is -0.834. The van der Waals surface area contributed by atoms with Crippen molar-refractivity contribution in [1.82, 2.24) is 10.6 Å². The number of hydrogen-bond donors (Lipinski definition) is 3. The van der Waals surface area contributed by atoms with Crippen LogP contribution in [-0.2, 0) is 9.59 Å². The second-order valence-corrected chi connectivity index (χ2v) is 4.48. The predicted octanol–water partition coefficient (Wildman–Crippen LogP) is 0.357. The topological polar surface area (TPSA) is 78.4 Å². The van der Waals surface area contributed by atoms with E-state index >= 15 is 0 Å². The van der Waals surface area contributed by atoms with Gasteiger partial charge in [0, 0.05) is 6.54 Å². The zero-order chi connectivity index (χ0) is 12.0. The number of aliphatic carboxylic acids is 1. The van der Waals surface area contributed by atoms with Gasteiger partial charge in [-0.1, -0.05) is 13.3 Å². The van der Waals surface area contributed by atoms with Gasteiger partial charge in [0.2, 0.25) is 5.91 Å². The molecule has 1 saturated carbocycles. The van der Waals surface area contributed by atoms with Crippen molar-refractivity contribution >= 4 is 11.9 Å². The number of carbonyl (C=O) groups is 2. The molecule has 92 valence electrons. The minimum atomic E-state index is -0.777. The van der Waals surface area contributed by atoms with Crippen LogP contribution in [0.4, 0.5) is 0 Å². The molecule has 0 aromatic heterocycles. The fourth-order valence-electron chi connectivity index (χ4n) is 2.00. The Labute approximate surface area is 95.6 Å². The van der Waals surface area contributed by atoms with E-state index in [9.17, 15) is 9.59 Å². The summed E-state index contributed by atoms with van der Waals surface area (Å²) in [6.07, 6.45) is 3.03. The average molecular weight is 228 g/mol. The standard InChI is InChI=1S/C11H20N2O3/c1-2-12-7-9(14)13-8-11(4-3-5-11)6-10(15)16/h12H,2-8H2,1H3,(H,13,14)(H,15,16). The van der Waals surface area contributed by atoms with Crippen LogP contribution >= 0.6 is 0 Å². The number of hydrogen-bond acceptors (Lipinski definition) is 3. The van der Waals surface area contributed by atoms with Gasteiger partial charge in [0.05, 0.1) is 13.0 Å². The fourth-order valence-corrected chi connectivity index (χ4v) is 2.00. The Hall–Kier alpha value is -1.10. The quantitative estimate of drug-likeness (QED) is 0.588. The van der Waals surface area contributed by atoms with Crippen molar-refractivity contribution in [2.24, 2.45) is 5.41 Å². The molecule has 1 aliphatic rings. The van der Waals surface area contributed by atoms with E-state index in [0.717, 1.165) is 25.8 Å². The molecular weight excluding hydrogens is 208 g/mol. The molecule has 0 bridgehead atoms. The first-order valence-electron chi connectivity index (χ1n) is 5.77. The third kappa shape index (κ3) is 3.81. The third-order valence-electron chi connectivity index (χ3n) is 3.14. The summed E-state index contributed by atoms with van der Waals surface area (Å²) in [5, 5.41) is 14.5. The average Bonchev–Trinajstić information content (AvgIpc) is 2.18. The van der Waals surface area contributed by atoms with Crippen molar-refractivity contribution < 1.29 is 14.7 Å². The van der Waals surface area contributed by atoms with Gasteiger partial charge in [-0.2, -0.15) is 0 Å². The van der Waals surface area contributed by atoms with E-state index in [1.807, 2.05) is 6.92 Å². The lowest BCUT2D eigenvalue weighted by Crippen LogP contribution is -2.45. The molecule has 3 N–H and O–H groups in total. The van der Waals surface area contributed by atoms with Crippen LogP contribution in [0.25, 0.3) is 0 Å². The lowest BCUT2D eigenvalue weighted by atomic mass is 9.66. The molecule has 1 amide bonds. The molecule has 0 unspecified atom stereocenters. The number of amides is 1. The van der Waals surface area contributed by atoms with Gasteiger partial charge in [0.25, 0.3) is 0 Å². The lowest BCUT2D eigenvalue weighted by Gasteiger charge is -2.40. The number of likely N-dealkylation sites (N-methyl/N-ethyl adjacent to an activating group) is 1. The van der Waals surface area contributed by atoms with Crippen molar-refractivity contribution in [1.29, 1.82) is 0 Å². The van der Waals surface area contributed by atoms with Gasteiger partial charge in [-0.15, -0.1) is 0 Å². The monoisotopic (exact) mass is 228 g/mol. The van der Waals surface area contributed by atoms with Gasteiger partial charge in [0.1, 0.15) is 0 Å². The van der Waals surface area contributed by atoms with Crippen LogP contribution in [0, 0.1) is 5.41 Å². The second-order valence-electron chi connectivity index (χ2n) is 4.48. The van der Waals surface area contributed by atoms with E-state index in [1.165, 1.54) is 0 Å². The summed E-state index contributed by atoms with van der Waals surface area (Å²) in [5.41, 5.74) is -0.187. The van der Waals surface area contributed by atoms with Gasteiger partial charge in [0.15, 0.2) is 0 Å². The molecule has 0 heterocycles. The van der Waals surface area contributed by atoms with E-state index in [0.29, 0.717) is 13.1 Å². The van der Waals surface area contributed by atoms with E-state index in [4.69, 9.17) is 5.11 Å². The van der Waals surface area contributed by atoms with E-state index in [1.54, 1.807) is 0 Å². The van der Waals surface area contributed by atoms with E-state index < -0.39 is 5.97 Å². The lowest BCUT2D eigenvalue weighted by molar-refractivity contribution is -0.141. The highest BCUT2D eigenvalue weighted by molar-refractivity contribution is 5.78. The Bertz CT molecular complexity index is 262. The Balaban J connectivity index is 2.28. The van der Waals surface area contributed by atoms with Crippen LogP contribution in [0.5, 0.6) is 0 Å². The normalized spacial score (nSPS) is 17.6. The molecule has 0 aromatic rings. The zero-order valence-corrected chi connectivity index (χ0v) is 9.71. The summed E-state index contributed by atoms with van der Waals surface area (Å²) in [6.45, 7) is 3.49. The first kappa shape index (κ1) is 13.0. The number of carboxylic acids is 1. The highest BCUT2D eigenvalue weighted by Gasteiger charge is 2.39. The Morgan fingerprint density at radius 1 is 1.38 bits per heavy atom. The van der Waals surface area contributed by atoms with Crippen LogP contribution in [-0.4, -0.2) is 36.6 Å². The molecule has 0 radical (unpaired) electrons. The van der Waals surface area contributed by atoms with Crippen LogP contribution in [0.15, 0.2) is 0 Å². The maximum atomic E-state index is 11.4. The Morgan fingerprint density at radius 3 is 2.50 bits per heavy atom. The first-order chi connectivity index (χ1) is 7.58. The summed E-state index contributed by atoms with van der Waals surface area (Å²) in [7, 11) is 0. The van der Waals surface area contributed by atoms with E-state index in [-0.39, 0.29) is 17.7 Å². The largest absolute Gasteiger partial charge is 0.481 e. The molecule has 1 rings (SSSR count). The molecule has 5 heteroatoms. The van der Waals surface area contributed by atoms with Gasteiger partial charge in [-0.05, 0) is 24.8 Å². The second kappa shape index (κ2) is 5.84. The van der Waals surface area contributed by atoms with Gasteiger partial charge >= 0.3 is 5.97 Å². The van der Waals surface area contributed by atoms with Crippen LogP contribution in [0.3, 0.4) is 0 Å². The minimum Gasteiger partial charge on any atom is -0.481 e. The van der Waals surface area contributed by atoms with Crippen LogP contribution in [0.1, 0.15) is 32.6 Å².